The Morgan fingerprint density at radius 3 is 2.69 bits per heavy atom. The van der Waals surface area contributed by atoms with Gasteiger partial charge in [-0.05, 0) is 20.3 Å². The van der Waals surface area contributed by atoms with Gasteiger partial charge in [-0.15, -0.1) is 5.10 Å². The lowest BCUT2D eigenvalue weighted by Crippen LogP contribution is -2.08. The van der Waals surface area contributed by atoms with Crippen molar-refractivity contribution in [1.29, 1.82) is 0 Å². The summed E-state index contributed by atoms with van der Waals surface area (Å²) >= 11 is 0. The number of nitrogens with two attached hydrogens (primary N) is 1. The minimum absolute atomic E-state index is 0.495. The highest BCUT2D eigenvalue weighted by atomic mass is 16.5. The van der Waals surface area contributed by atoms with E-state index >= 15 is 0 Å². The van der Waals surface area contributed by atoms with Crippen molar-refractivity contribution in [3.05, 3.63) is 22.7 Å². The van der Waals surface area contributed by atoms with Crippen LogP contribution in [-0.4, -0.2) is 20.2 Å². The van der Waals surface area contributed by atoms with Gasteiger partial charge in [0.15, 0.2) is 5.82 Å². The van der Waals surface area contributed by atoms with Gasteiger partial charge < -0.3 is 10.3 Å². The average molecular weight is 221 g/mol. The highest BCUT2D eigenvalue weighted by molar-refractivity contribution is 5.33. The fourth-order valence-electron chi connectivity index (χ4n) is 1.71. The topological polar surface area (TPSA) is 82.8 Å². The summed E-state index contributed by atoms with van der Waals surface area (Å²) in [4.78, 5) is 0. The second-order valence-electron chi connectivity index (χ2n) is 3.74. The Kier molecular flexibility index (Phi) is 2.64. The first-order chi connectivity index (χ1) is 7.63. The van der Waals surface area contributed by atoms with Crippen molar-refractivity contribution >= 4 is 5.82 Å². The van der Waals surface area contributed by atoms with E-state index in [0.29, 0.717) is 12.4 Å². The van der Waals surface area contributed by atoms with Crippen molar-refractivity contribution in [2.24, 2.45) is 0 Å². The maximum atomic E-state index is 5.72. The summed E-state index contributed by atoms with van der Waals surface area (Å²) in [6.45, 7) is 6.44. The summed E-state index contributed by atoms with van der Waals surface area (Å²) in [5.41, 5.74) is 8.59. The van der Waals surface area contributed by atoms with Crippen LogP contribution < -0.4 is 5.73 Å². The zero-order valence-electron chi connectivity index (χ0n) is 9.69. The van der Waals surface area contributed by atoms with Gasteiger partial charge in [0.05, 0.1) is 17.9 Å². The van der Waals surface area contributed by atoms with Gasteiger partial charge in [-0.3, -0.25) is 0 Å². The van der Waals surface area contributed by atoms with Crippen molar-refractivity contribution < 1.29 is 4.52 Å². The molecule has 2 heterocycles. The Morgan fingerprint density at radius 1 is 1.38 bits per heavy atom. The average Bonchev–Trinajstić information content (AvgIpc) is 2.76. The third kappa shape index (κ3) is 1.66. The van der Waals surface area contributed by atoms with Gasteiger partial charge in [-0.2, -0.15) is 0 Å². The molecule has 0 amide bonds. The second kappa shape index (κ2) is 3.96. The molecule has 0 fully saturated rings. The SMILES string of the molecule is CCc1c(N)nnn1Cc1c(C)noc1C. The van der Waals surface area contributed by atoms with Crippen LogP contribution in [0.4, 0.5) is 5.82 Å². The highest BCUT2D eigenvalue weighted by Crippen LogP contribution is 2.16. The van der Waals surface area contributed by atoms with E-state index in [4.69, 9.17) is 10.3 Å². The minimum Gasteiger partial charge on any atom is -0.381 e. The molecular weight excluding hydrogens is 206 g/mol. The molecule has 2 rings (SSSR count). The molecule has 0 saturated carbocycles. The number of nitrogen functional groups attached to an aromatic ring is 1. The molecule has 0 unspecified atom stereocenters. The van der Waals surface area contributed by atoms with Crippen LogP contribution in [0.15, 0.2) is 4.52 Å². The number of nitrogens with zero attached hydrogens (tertiary/aromatic N) is 4. The summed E-state index contributed by atoms with van der Waals surface area (Å²) in [6.07, 6.45) is 0.808. The molecule has 6 nitrogen and oxygen atoms in total. The molecule has 0 bridgehead atoms. The lowest BCUT2D eigenvalue weighted by molar-refractivity contribution is 0.391. The van der Waals surface area contributed by atoms with E-state index in [-0.39, 0.29) is 0 Å². The maximum absolute atomic E-state index is 5.72. The zero-order chi connectivity index (χ0) is 11.7. The van der Waals surface area contributed by atoms with Crippen molar-refractivity contribution in [1.82, 2.24) is 20.2 Å². The second-order valence-corrected chi connectivity index (χ2v) is 3.74. The first-order valence-electron chi connectivity index (χ1n) is 5.23. The molecular formula is C10H15N5O. The molecule has 16 heavy (non-hydrogen) atoms. The Morgan fingerprint density at radius 2 is 2.12 bits per heavy atom. The van der Waals surface area contributed by atoms with Gasteiger partial charge in [-0.25, -0.2) is 4.68 Å². The van der Waals surface area contributed by atoms with Crippen LogP contribution in [0.3, 0.4) is 0 Å². The van der Waals surface area contributed by atoms with Crippen LogP contribution in [0.25, 0.3) is 0 Å². The molecule has 0 aliphatic rings. The van der Waals surface area contributed by atoms with Crippen molar-refractivity contribution in [3.63, 3.8) is 0 Å². The van der Waals surface area contributed by atoms with Crippen LogP contribution in [-0.2, 0) is 13.0 Å². The first kappa shape index (κ1) is 10.7. The third-order valence-corrected chi connectivity index (χ3v) is 2.69. The predicted molar refractivity (Wildman–Crippen MR) is 58.9 cm³/mol. The number of aromatic nitrogens is 4. The Hall–Kier alpha value is -1.85. The number of anilines is 1. The van der Waals surface area contributed by atoms with E-state index < -0.39 is 0 Å². The zero-order valence-corrected chi connectivity index (χ0v) is 9.69. The summed E-state index contributed by atoms with van der Waals surface area (Å²) in [7, 11) is 0. The van der Waals surface area contributed by atoms with Gasteiger partial charge in [0.25, 0.3) is 0 Å². The Labute approximate surface area is 93.4 Å². The smallest absolute Gasteiger partial charge is 0.169 e. The largest absolute Gasteiger partial charge is 0.381 e. The minimum atomic E-state index is 0.495. The summed E-state index contributed by atoms with van der Waals surface area (Å²) in [6, 6.07) is 0. The maximum Gasteiger partial charge on any atom is 0.169 e. The molecule has 0 radical (unpaired) electrons. The molecule has 0 aliphatic carbocycles. The molecule has 86 valence electrons. The number of hydrogen-bond donors (Lipinski definition) is 1. The van der Waals surface area contributed by atoms with Crippen LogP contribution in [0.5, 0.6) is 0 Å². The van der Waals surface area contributed by atoms with Gasteiger partial charge >= 0.3 is 0 Å². The van der Waals surface area contributed by atoms with Gasteiger partial charge in [0.2, 0.25) is 0 Å². The highest BCUT2D eigenvalue weighted by Gasteiger charge is 2.13. The van der Waals surface area contributed by atoms with Crippen LogP contribution in [0.2, 0.25) is 0 Å². The quantitative estimate of drug-likeness (QED) is 0.838. The standard InChI is InChI=1S/C10H15N5O/c1-4-9-10(11)12-14-15(9)5-8-6(2)13-16-7(8)3/h4-5,11H2,1-3H3. The van der Waals surface area contributed by atoms with E-state index in [0.717, 1.165) is 29.1 Å². The van der Waals surface area contributed by atoms with Crippen molar-refractivity contribution in [2.45, 2.75) is 33.7 Å². The fraction of sp³-hybridized carbons (Fsp3) is 0.500. The monoisotopic (exact) mass is 221 g/mol. The van der Waals surface area contributed by atoms with Crippen molar-refractivity contribution in [3.8, 4) is 0 Å². The lowest BCUT2D eigenvalue weighted by Gasteiger charge is -2.04. The van der Waals surface area contributed by atoms with Crippen LogP contribution in [0.1, 0.15) is 29.6 Å². The van der Waals surface area contributed by atoms with Gasteiger partial charge in [-0.1, -0.05) is 17.3 Å². The number of rotatable bonds is 3. The van der Waals surface area contributed by atoms with E-state index in [1.165, 1.54) is 0 Å². The molecule has 2 N–H and O–H groups in total. The molecule has 0 atom stereocenters. The number of aryl methyl sites for hydroxylation is 2. The lowest BCUT2D eigenvalue weighted by atomic mass is 10.2. The fourth-order valence-corrected chi connectivity index (χ4v) is 1.71. The molecule has 6 heteroatoms. The van der Waals surface area contributed by atoms with E-state index in [1.54, 1.807) is 4.68 Å². The Balaban J connectivity index is 2.34. The predicted octanol–water partition coefficient (Wildman–Crippen LogP) is 1.08. The number of hydrogen-bond acceptors (Lipinski definition) is 5. The first-order valence-corrected chi connectivity index (χ1v) is 5.23. The van der Waals surface area contributed by atoms with Crippen LogP contribution in [0, 0.1) is 13.8 Å². The summed E-state index contributed by atoms with van der Waals surface area (Å²) in [5, 5.41) is 11.8. The van der Waals surface area contributed by atoms with E-state index in [2.05, 4.69) is 15.5 Å². The summed E-state index contributed by atoms with van der Waals surface area (Å²) in [5.74, 6) is 1.31. The molecule has 2 aromatic rings. The molecule has 0 aromatic carbocycles. The molecule has 0 spiro atoms. The molecule has 0 aliphatic heterocycles. The van der Waals surface area contributed by atoms with E-state index in [1.807, 2.05) is 20.8 Å². The third-order valence-electron chi connectivity index (χ3n) is 2.69. The molecule has 0 saturated heterocycles. The summed E-state index contributed by atoms with van der Waals surface area (Å²) < 4.78 is 6.90. The van der Waals surface area contributed by atoms with E-state index in [9.17, 15) is 0 Å². The van der Waals surface area contributed by atoms with Crippen molar-refractivity contribution in [2.75, 3.05) is 5.73 Å². The van der Waals surface area contributed by atoms with Gasteiger partial charge in [0, 0.05) is 5.56 Å². The molecule has 2 aromatic heterocycles. The normalized spacial score (nSPS) is 10.9. The van der Waals surface area contributed by atoms with Gasteiger partial charge in [0.1, 0.15) is 5.76 Å². The van der Waals surface area contributed by atoms with Crippen LogP contribution >= 0.6 is 0 Å². The Bertz CT molecular complexity index is 480.